The van der Waals surface area contributed by atoms with Crippen LogP contribution in [0.3, 0.4) is 0 Å². The van der Waals surface area contributed by atoms with Gasteiger partial charge in [0.05, 0.1) is 51.0 Å². The number of phosphoric acid groups is 1. The molecule has 0 bridgehead atoms. The van der Waals surface area contributed by atoms with Crippen molar-refractivity contribution in [3.8, 4) is 11.5 Å². The first-order valence-electron chi connectivity index (χ1n) is 23.0. The Morgan fingerprint density at radius 2 is 1.77 bits per heavy atom. The molecule has 0 radical (unpaired) electrons. The van der Waals surface area contributed by atoms with Crippen LogP contribution in [-0.2, 0) is 68.5 Å². The van der Waals surface area contributed by atoms with Crippen molar-refractivity contribution in [2.45, 2.75) is 142 Å². The van der Waals surface area contributed by atoms with Crippen molar-refractivity contribution in [1.82, 2.24) is 29.6 Å². The lowest BCUT2D eigenvalue weighted by Gasteiger charge is -2.47. The smallest absolute Gasteiger partial charge is 0.465 e. The van der Waals surface area contributed by atoms with Gasteiger partial charge in [0, 0.05) is 30.6 Å². The van der Waals surface area contributed by atoms with Gasteiger partial charge in [0.15, 0.2) is 29.2 Å². The summed E-state index contributed by atoms with van der Waals surface area (Å²) in [5.74, 6) is -1.49. The Labute approximate surface area is 435 Å². The van der Waals surface area contributed by atoms with E-state index in [-0.39, 0.29) is 52.7 Å². The molecular formula is C41H56N7O23PS3. The van der Waals surface area contributed by atoms with Crippen LogP contribution in [-0.4, -0.2) is 202 Å². The number of carbonyl (C=O) groups excluding carboxylic acids is 2. The number of nitrogens with zero attached hydrogens (tertiary/aromatic N) is 3. The Bertz CT molecular complexity index is 2780. The number of nitrogen functional groups attached to an aromatic ring is 1. The molecule has 34 heteroatoms. The molecule has 4 fully saturated rings. The van der Waals surface area contributed by atoms with E-state index in [1.165, 1.54) is 29.1 Å². The number of carbonyl (C=O) groups is 2. The molecule has 5 aliphatic heterocycles. The number of fused-ring (bicyclic) bond motifs is 2. The molecule has 2 aromatic heterocycles. The number of phosphoric ester groups is 1. The number of H-pyrrole nitrogens is 1. The third kappa shape index (κ3) is 12.9. The first-order valence-corrected chi connectivity index (χ1v) is 27.2. The van der Waals surface area contributed by atoms with Gasteiger partial charge in [-0.1, -0.05) is 25.7 Å². The second-order valence-electron chi connectivity index (χ2n) is 17.8. The highest BCUT2D eigenvalue weighted by atomic mass is 32.2. The van der Waals surface area contributed by atoms with Gasteiger partial charge in [0.25, 0.3) is 0 Å². The summed E-state index contributed by atoms with van der Waals surface area (Å²) in [6, 6.07) is 1.37. The van der Waals surface area contributed by atoms with Crippen molar-refractivity contribution in [1.29, 1.82) is 0 Å². The average molecular weight is 1140 g/mol. The number of nitrogens with two attached hydrogens (primary N) is 1. The van der Waals surface area contributed by atoms with E-state index in [1.54, 1.807) is 6.92 Å². The van der Waals surface area contributed by atoms with E-state index >= 15 is 0 Å². The Morgan fingerprint density at radius 1 is 1.03 bits per heavy atom. The first kappa shape index (κ1) is 57.1. The molecule has 7 heterocycles. The lowest BCUT2D eigenvalue weighted by Crippen LogP contribution is -2.67. The van der Waals surface area contributed by atoms with Crippen LogP contribution in [0, 0.1) is 4.64 Å². The summed E-state index contributed by atoms with van der Waals surface area (Å²) in [5.41, 5.74) is 5.63. The van der Waals surface area contributed by atoms with Crippen molar-refractivity contribution in [3.05, 3.63) is 47.4 Å². The Hall–Kier alpha value is -4.04. The summed E-state index contributed by atoms with van der Waals surface area (Å²) < 4.78 is 110. The maximum atomic E-state index is 13.7. The van der Waals surface area contributed by atoms with Crippen molar-refractivity contribution >= 4 is 71.1 Å². The van der Waals surface area contributed by atoms with Crippen LogP contribution in [0.1, 0.15) is 38.5 Å². The number of aliphatic hydroxyl groups excluding tert-OH is 7. The fraction of sp³-hybridized carbons (Fsp3) is 0.634. The maximum absolute atomic E-state index is 13.7. The van der Waals surface area contributed by atoms with E-state index in [2.05, 4.69) is 26.8 Å². The number of nitrogens with one attached hydrogen (secondary N) is 3. The molecule has 4 saturated heterocycles. The third-order valence-electron chi connectivity index (χ3n) is 12.6. The molecule has 0 saturated carbocycles. The van der Waals surface area contributed by atoms with Crippen LogP contribution in [0.5, 0.6) is 11.5 Å². The highest BCUT2D eigenvalue weighted by Crippen LogP contribution is 2.55. The van der Waals surface area contributed by atoms with Gasteiger partial charge < -0.3 is 89.5 Å². The second kappa shape index (κ2) is 23.5. The summed E-state index contributed by atoms with van der Waals surface area (Å²) in [4.78, 5) is 35.4. The number of aliphatic hydroxyl groups is 7. The number of aromatic amines is 1. The number of thioether (sulfide) groups is 1. The summed E-state index contributed by atoms with van der Waals surface area (Å²) in [5, 5.41) is 77.9. The van der Waals surface area contributed by atoms with Gasteiger partial charge in [-0.05, 0) is 24.3 Å². The minimum absolute atomic E-state index is 0.0272. The Kier molecular flexibility index (Phi) is 17.9. The van der Waals surface area contributed by atoms with Gasteiger partial charge in [0.2, 0.25) is 12.2 Å². The molecule has 1 amide bonds. The van der Waals surface area contributed by atoms with E-state index in [9.17, 15) is 62.9 Å². The highest BCUT2D eigenvalue weighted by molar-refractivity contribution is 8.00. The fourth-order valence-corrected chi connectivity index (χ4v) is 12.5. The number of hydrogen-bond donors (Lipinski definition) is 12. The van der Waals surface area contributed by atoms with Crippen LogP contribution in [0.25, 0.3) is 11.2 Å². The zero-order valence-electron chi connectivity index (χ0n) is 39.5. The van der Waals surface area contributed by atoms with Crippen LogP contribution < -0.4 is 25.0 Å². The maximum Gasteiger partial charge on any atom is 0.530 e. The van der Waals surface area contributed by atoms with E-state index in [0.717, 1.165) is 24.8 Å². The average Bonchev–Trinajstić information content (AvgIpc) is 3.87. The molecule has 0 spiro atoms. The molecule has 75 heavy (non-hydrogen) atoms. The van der Waals surface area contributed by atoms with E-state index in [4.69, 9.17) is 64.7 Å². The number of ether oxygens (including phenoxy) is 7. The summed E-state index contributed by atoms with van der Waals surface area (Å²) in [7, 11) is -9.55. The predicted octanol–water partition coefficient (Wildman–Crippen LogP) is -2.30. The minimum atomic E-state index is -5.16. The van der Waals surface area contributed by atoms with Crippen molar-refractivity contribution in [2.24, 2.45) is 0 Å². The SMILES string of the molecule is C=CC(=O)N[C@H]1[C@@H](O)[C@H](O)C[C@H](O[C@@H]2C[C@H](Oc3ccc4c(c3)COP(=O)(OC[C@H]3O[C@@H](n5cnc6c(=S)nc(N)[nH]c65)[C@H](O)[C@@H]3O)O4)O[C@H](CO)[C@H]2O[C@H]2O[C@H](CO)[C@H](O)[C@H](OC(C)=O)[C@H]2NS(=O)(=O)O)S[C@H]1C. The second-order valence-corrected chi connectivity index (χ2v) is 22.5. The summed E-state index contributed by atoms with van der Waals surface area (Å²) in [6.07, 6.45) is -19.4. The van der Waals surface area contributed by atoms with Crippen molar-refractivity contribution in [2.75, 3.05) is 25.6 Å². The molecule has 1 aromatic carbocycles. The van der Waals surface area contributed by atoms with Crippen LogP contribution in [0.2, 0.25) is 0 Å². The van der Waals surface area contributed by atoms with Crippen LogP contribution >= 0.6 is 31.8 Å². The number of hydrogen-bond acceptors (Lipinski definition) is 27. The van der Waals surface area contributed by atoms with Gasteiger partial charge in [-0.3, -0.25) is 27.8 Å². The number of benzene rings is 1. The molecule has 416 valence electrons. The molecular weight excluding hydrogens is 1090 g/mol. The van der Waals surface area contributed by atoms with E-state index < -0.39 is 159 Å². The van der Waals surface area contributed by atoms with E-state index in [0.29, 0.717) is 5.56 Å². The van der Waals surface area contributed by atoms with Gasteiger partial charge in [0.1, 0.15) is 83.0 Å². The summed E-state index contributed by atoms with van der Waals surface area (Å²) >= 11 is 6.31. The quantitative estimate of drug-likeness (QED) is 0.0222. The van der Waals surface area contributed by atoms with Crippen molar-refractivity contribution in [3.63, 3.8) is 0 Å². The van der Waals surface area contributed by atoms with Gasteiger partial charge in [-0.2, -0.15) is 13.1 Å². The summed E-state index contributed by atoms with van der Waals surface area (Å²) in [6.45, 7) is 3.38. The minimum Gasteiger partial charge on any atom is -0.465 e. The third-order valence-corrected chi connectivity index (χ3v) is 16.2. The van der Waals surface area contributed by atoms with Crippen molar-refractivity contribution < 1.29 is 110 Å². The molecule has 19 atom stereocenters. The normalized spacial score (nSPS) is 37.2. The standard InChI is InChI=1S/C41H56N7O23PS3/c1-4-25(53)44-28-15(2)74-27(8-19(52)31(28)54)67-21-9-26(66-23(11-50)35(21)70-40-29(47-75(59,60)61)36(64-16(3)51)33(56)22(10-49)69-40)65-18-5-6-20-17(7-18)12-62-72(58,71-20)63-13-24-32(55)34(57)39(68-24)48-14-43-30-37(48)45-41(42)46-38(30)73/h4-7,14-15,19,21-24,26-29,31-36,39-40,47,49-50,52,54-57H,1,8-13H2,2-3H3,(H,44,53)(H,59,60,61)(H3,42,45,46,73)/t15-,19+,21+,22+,23+,24+,26+,27+,28+,29+,31-,32+,33-,34+,35-,36+,39+,40+,72?/m0/s1. The number of rotatable bonds is 17. The molecule has 8 rings (SSSR count). The predicted molar refractivity (Wildman–Crippen MR) is 255 cm³/mol. The van der Waals surface area contributed by atoms with Gasteiger partial charge in [-0.15, -0.1) is 11.8 Å². The molecule has 1 unspecified atom stereocenters. The number of aromatic nitrogens is 4. The molecule has 30 nitrogen and oxygen atoms in total. The monoisotopic (exact) mass is 1140 g/mol. The van der Waals surface area contributed by atoms with Crippen LogP contribution in [0.4, 0.5) is 5.95 Å². The van der Waals surface area contributed by atoms with Gasteiger partial charge in [-0.25, -0.2) is 14.5 Å². The highest BCUT2D eigenvalue weighted by Gasteiger charge is 2.53. The molecule has 13 N–H and O–H groups in total. The molecule has 5 aliphatic rings. The van der Waals surface area contributed by atoms with Crippen LogP contribution in [0.15, 0.2) is 37.2 Å². The first-order chi connectivity index (χ1) is 35.5. The molecule has 0 aliphatic carbocycles. The Morgan fingerprint density at radius 3 is 2.47 bits per heavy atom. The van der Waals surface area contributed by atoms with Gasteiger partial charge >= 0.3 is 24.1 Å². The topological polar surface area (TPSA) is 436 Å². The zero-order chi connectivity index (χ0) is 54.3. The fourth-order valence-electron chi connectivity index (χ4n) is 9.08. The zero-order valence-corrected chi connectivity index (χ0v) is 42.9. The largest absolute Gasteiger partial charge is 0.530 e. The lowest BCUT2D eigenvalue weighted by molar-refractivity contribution is -0.325. The molecule has 3 aromatic rings. The number of amides is 1. The number of esters is 1. The Balaban J connectivity index is 0.992. The number of imidazole rings is 1. The number of anilines is 1. The lowest BCUT2D eigenvalue weighted by atomic mass is 9.96. The van der Waals surface area contributed by atoms with E-state index in [1.807, 2.05) is 4.72 Å².